The van der Waals surface area contributed by atoms with Crippen LogP contribution in [0.1, 0.15) is 0 Å². The Morgan fingerprint density at radius 2 is 0.292 bits per heavy atom. The molecule has 0 radical (unpaired) electrons. The maximum Gasteiger partial charge on any atom is 0.379 e. The van der Waals surface area contributed by atoms with E-state index in [9.17, 15) is 94.3 Å². The van der Waals surface area contributed by atoms with Crippen LogP contribution < -0.4 is 0 Å². The Bertz CT molecular complexity index is 2860. The second kappa shape index (κ2) is 20.7. The van der Waals surface area contributed by atoms with Crippen LogP contribution in [-0.2, 0) is 28.4 Å². The zero-order chi connectivity index (χ0) is 83.4. The summed E-state index contributed by atoms with van der Waals surface area (Å²) in [6, 6.07) is 0. The van der Waals surface area contributed by atoms with Gasteiger partial charge in [0.15, 0.2) is 0 Å². The first-order valence-electron chi connectivity index (χ1n) is 27.0. The Labute approximate surface area is 544 Å². The molecule has 12 rings (SSSR count). The van der Waals surface area contributed by atoms with Gasteiger partial charge in [-0.2, -0.15) is 105 Å². The molecular weight excluding hydrogens is 1670 g/mol. The van der Waals surface area contributed by atoms with Crippen LogP contribution in [0, 0.1) is 22.2 Å². The molecule has 0 aromatic rings. The number of alkyl halides is 51. The lowest BCUT2D eigenvalue weighted by Crippen LogP contribution is -3.09. The van der Waals surface area contributed by atoms with E-state index in [2.05, 4.69) is 28.4 Å². The average molecular weight is 1690 g/mol. The molecule has 0 amide bonds. The summed E-state index contributed by atoms with van der Waals surface area (Å²) in [5.74, 6) is -162. The van der Waals surface area contributed by atoms with Gasteiger partial charge in [0.1, 0.15) is 18.3 Å². The summed E-state index contributed by atoms with van der Waals surface area (Å²) in [6.07, 6.45) is -35.9. The second-order valence-corrected chi connectivity index (χ2v) is 25.4. The molecule has 60 heteroatoms. The van der Waals surface area contributed by atoms with Crippen molar-refractivity contribution in [2.24, 2.45) is 22.2 Å². The summed E-state index contributed by atoms with van der Waals surface area (Å²) in [5, 5.41) is 30.2. The van der Waals surface area contributed by atoms with Crippen molar-refractivity contribution in [3.8, 4) is 0 Å². The number of ether oxygens (including phenoxy) is 6. The Morgan fingerprint density at radius 1 is 0.179 bits per heavy atom. The van der Waals surface area contributed by atoms with Crippen LogP contribution in [-0.4, -0.2) is 269 Å². The molecule has 12 saturated carbocycles. The summed E-state index contributed by atoms with van der Waals surface area (Å²) in [7, 11) is 0. The molecule has 0 aromatic carbocycles. The standard InChI is InChI=1S/C46H25F51O9/c47-17-26(56,57)14(27(58,59)18(48,35(17,74)75)37(78,79)19(49,28(14,60)61)36(17,76)77)44(92,93)104-7-11(98)4-101-1-10(2-102-5-12(99)8-105-45(94,95)15-29(62,63)20(50)38(80,81)21(51,30(15,64)65)40(84,85)22(52,31(15,66)67)39(20,82)83)3-103-6-13(100)9-106-46(96,97)16-32(68,69)23(53)41(86,87)24(54,33(16,70)71)43(90,91)25(55,34(16,72)73)42(23,88)89/h10-13,98-100H,1-9H2. The van der Waals surface area contributed by atoms with Crippen molar-refractivity contribution >= 4 is 0 Å². The highest BCUT2D eigenvalue weighted by Gasteiger charge is 3.29. The van der Waals surface area contributed by atoms with Gasteiger partial charge in [-0.05, 0) is 0 Å². The highest BCUT2D eigenvalue weighted by atomic mass is 19.4. The molecule has 12 bridgehead atoms. The molecular formula is C46H25F51O9. The molecule has 620 valence electrons. The first kappa shape index (κ1) is 86.1. The van der Waals surface area contributed by atoms with E-state index in [0.29, 0.717) is 0 Å². The highest BCUT2D eigenvalue weighted by Crippen LogP contribution is 2.97. The van der Waals surface area contributed by atoms with Crippen LogP contribution in [0.2, 0.25) is 0 Å². The van der Waals surface area contributed by atoms with Crippen LogP contribution in [0.15, 0.2) is 0 Å². The van der Waals surface area contributed by atoms with Crippen LogP contribution in [0.5, 0.6) is 0 Å². The fraction of sp³-hybridized carbons (Fsp3) is 1.00. The molecule has 0 aliphatic heterocycles. The van der Waals surface area contributed by atoms with Crippen molar-refractivity contribution < 1.29 is 268 Å². The minimum atomic E-state index is -8.95. The van der Waals surface area contributed by atoms with Gasteiger partial charge < -0.3 is 43.7 Å². The topological polar surface area (TPSA) is 116 Å². The number of hydrogen-bond donors (Lipinski definition) is 3. The van der Waals surface area contributed by atoms with Crippen molar-refractivity contribution in [2.45, 2.75) is 194 Å². The van der Waals surface area contributed by atoms with E-state index in [1.165, 1.54) is 0 Å². The van der Waals surface area contributed by atoms with E-state index in [1.807, 2.05) is 0 Å². The number of halogens is 51. The fourth-order valence-electron chi connectivity index (χ4n) is 15.5. The van der Waals surface area contributed by atoms with Gasteiger partial charge in [-0.15, -0.1) is 0 Å². The summed E-state index contributed by atoms with van der Waals surface area (Å²) < 4.78 is 803. The molecule has 0 heterocycles. The SMILES string of the molecule is OC(COCC(COCC(O)COC(F)(F)C12C(F)(F)C3(F)C(F)(F)C(F)(C(F)(F)C(F)(C3(F)F)C1(F)F)C2(F)F)COCC(O)COC(F)(F)C12C(F)(F)C3(F)C(F)(F)C(F)(C(F)(F)C(F)(C3(F)F)C1(F)F)C2(F)F)COC(F)(F)C12C(F)(F)C3(F)C(F)(F)C(F)(C(F)(F)C(F)(C3(F)F)C1(F)F)C2(F)F. The van der Waals surface area contributed by atoms with Crippen LogP contribution >= 0.6 is 0 Å². The summed E-state index contributed by atoms with van der Waals surface area (Å²) in [6.45, 7) is -23.3. The number of aliphatic hydroxyl groups excluding tert-OH is 3. The monoisotopic (exact) mass is 1690 g/mol. The zero-order valence-electron chi connectivity index (χ0n) is 48.2. The third kappa shape index (κ3) is 6.69. The molecule has 0 spiro atoms. The van der Waals surface area contributed by atoms with Crippen molar-refractivity contribution in [3.63, 3.8) is 0 Å². The Morgan fingerprint density at radius 3 is 0.406 bits per heavy atom. The lowest BCUT2D eigenvalue weighted by Gasteiger charge is -2.75. The van der Waals surface area contributed by atoms with E-state index >= 15 is 145 Å². The van der Waals surface area contributed by atoms with Crippen LogP contribution in [0.4, 0.5) is 224 Å². The Balaban J connectivity index is 0.962. The quantitative estimate of drug-likeness (QED) is 0.0813. The van der Waals surface area contributed by atoms with Crippen LogP contribution in [0.25, 0.3) is 0 Å². The first-order valence-corrected chi connectivity index (χ1v) is 27.0. The third-order valence-corrected chi connectivity index (χ3v) is 20.6. The molecule has 9 nitrogen and oxygen atoms in total. The zero-order valence-corrected chi connectivity index (χ0v) is 48.2. The van der Waals surface area contributed by atoms with E-state index in [0.717, 1.165) is 0 Å². The normalized spacial score (nSPS) is 44.7. The number of rotatable bonds is 24. The highest BCUT2D eigenvalue weighted by molar-refractivity contribution is 5.57. The first-order chi connectivity index (χ1) is 46.2. The molecule has 12 fully saturated rings. The Hall–Kier alpha value is -3.93. The van der Waals surface area contributed by atoms with Gasteiger partial charge in [0.2, 0.25) is 0 Å². The van der Waals surface area contributed by atoms with Crippen molar-refractivity contribution in [2.75, 3.05) is 59.5 Å². The molecule has 3 N–H and O–H groups in total. The average Bonchev–Trinajstić information content (AvgIpc) is 0.597. The maximum absolute atomic E-state index is 15.7. The van der Waals surface area contributed by atoms with E-state index < -0.39 is 276 Å². The van der Waals surface area contributed by atoms with E-state index in [-0.39, 0.29) is 0 Å². The number of hydrogen-bond acceptors (Lipinski definition) is 9. The van der Waals surface area contributed by atoms with Crippen molar-refractivity contribution in [1.82, 2.24) is 0 Å². The van der Waals surface area contributed by atoms with E-state index in [4.69, 9.17) is 0 Å². The lowest BCUT2D eigenvalue weighted by atomic mass is 9.36. The second-order valence-electron chi connectivity index (χ2n) is 25.4. The smallest absolute Gasteiger partial charge is 0.379 e. The maximum atomic E-state index is 15.7. The third-order valence-electron chi connectivity index (χ3n) is 20.6. The minimum Gasteiger partial charge on any atom is -0.388 e. The van der Waals surface area contributed by atoms with Crippen LogP contribution in [0.3, 0.4) is 0 Å². The van der Waals surface area contributed by atoms with Gasteiger partial charge in [-0.25, -0.2) is 119 Å². The Kier molecular flexibility index (Phi) is 16.8. The summed E-state index contributed by atoms with van der Waals surface area (Å²) >= 11 is 0. The minimum absolute atomic E-state index is 2.05. The summed E-state index contributed by atoms with van der Waals surface area (Å²) in [5.41, 5.74) is -105. The molecule has 3 unspecified atom stereocenters. The summed E-state index contributed by atoms with van der Waals surface area (Å²) in [4.78, 5) is 0. The van der Waals surface area contributed by atoms with Gasteiger partial charge in [-0.3, -0.25) is 0 Å². The van der Waals surface area contributed by atoms with Gasteiger partial charge >= 0.3 is 176 Å². The van der Waals surface area contributed by atoms with Crippen molar-refractivity contribution in [3.05, 3.63) is 0 Å². The molecule has 0 saturated heterocycles. The fourth-order valence-corrected chi connectivity index (χ4v) is 15.5. The van der Waals surface area contributed by atoms with E-state index in [1.54, 1.807) is 0 Å². The molecule has 12 aliphatic rings. The molecule has 3 atom stereocenters. The van der Waals surface area contributed by atoms with Gasteiger partial charge in [0.05, 0.1) is 59.5 Å². The molecule has 106 heavy (non-hydrogen) atoms. The number of aliphatic hydroxyl groups is 3. The predicted octanol–water partition coefficient (Wildman–Crippen LogP) is 13.5. The van der Waals surface area contributed by atoms with Gasteiger partial charge in [0.25, 0.3) is 16.2 Å². The van der Waals surface area contributed by atoms with Gasteiger partial charge in [0, 0.05) is 5.92 Å². The van der Waals surface area contributed by atoms with Crippen molar-refractivity contribution in [1.29, 1.82) is 0 Å². The molecule has 0 aromatic heterocycles. The predicted molar refractivity (Wildman–Crippen MR) is 218 cm³/mol. The largest absolute Gasteiger partial charge is 0.388 e. The van der Waals surface area contributed by atoms with Gasteiger partial charge in [-0.1, -0.05) is 0 Å². The molecule has 12 aliphatic carbocycles. The lowest BCUT2D eigenvalue weighted by molar-refractivity contribution is -0.641.